The molecule has 4 heteroatoms. The van der Waals surface area contributed by atoms with Crippen LogP contribution in [0, 0.1) is 5.92 Å². The first-order valence-corrected chi connectivity index (χ1v) is 6.01. The quantitative estimate of drug-likeness (QED) is 0.738. The average molecular weight is 233 g/mol. The van der Waals surface area contributed by atoms with Crippen molar-refractivity contribution >= 4 is 11.0 Å². The van der Waals surface area contributed by atoms with E-state index in [0.717, 1.165) is 17.5 Å². The van der Waals surface area contributed by atoms with Crippen LogP contribution in [0.25, 0.3) is 11.0 Å². The average Bonchev–Trinajstić information content (AvgIpc) is 2.82. The molecule has 0 aliphatic rings. The zero-order chi connectivity index (χ0) is 12.3. The third kappa shape index (κ3) is 2.33. The summed E-state index contributed by atoms with van der Waals surface area (Å²) in [7, 11) is 1.93. The highest BCUT2D eigenvalue weighted by Crippen LogP contribution is 2.26. The Kier molecular flexibility index (Phi) is 3.76. The van der Waals surface area contributed by atoms with Gasteiger partial charge in [-0.3, -0.25) is 0 Å². The number of aliphatic hydroxyl groups excluding tert-OH is 1. The van der Waals surface area contributed by atoms with E-state index in [1.807, 2.05) is 13.1 Å². The lowest BCUT2D eigenvalue weighted by molar-refractivity contribution is 0.189. The Morgan fingerprint density at radius 2 is 2.29 bits per heavy atom. The predicted octanol–water partition coefficient (Wildman–Crippen LogP) is 1.84. The van der Waals surface area contributed by atoms with Crippen molar-refractivity contribution in [1.29, 1.82) is 0 Å². The minimum Gasteiger partial charge on any atom is -0.396 e. The van der Waals surface area contributed by atoms with Gasteiger partial charge < -0.3 is 15.4 Å². The van der Waals surface area contributed by atoms with Crippen LogP contribution >= 0.6 is 0 Å². The van der Waals surface area contributed by atoms with Crippen LogP contribution in [0.1, 0.15) is 24.9 Å². The molecular weight excluding hydrogens is 214 g/mol. The Hall–Kier alpha value is -1.39. The van der Waals surface area contributed by atoms with Gasteiger partial charge in [-0.25, -0.2) is 4.98 Å². The number of aromatic amines is 1. The maximum absolute atomic E-state index is 9.40. The molecule has 0 saturated heterocycles. The van der Waals surface area contributed by atoms with Crippen molar-refractivity contribution < 1.29 is 5.11 Å². The molecule has 1 aromatic carbocycles. The molecule has 3 N–H and O–H groups in total. The predicted molar refractivity (Wildman–Crippen MR) is 68.8 cm³/mol. The molecule has 2 aromatic rings. The van der Waals surface area contributed by atoms with Crippen molar-refractivity contribution in [2.24, 2.45) is 5.92 Å². The second kappa shape index (κ2) is 5.29. The Morgan fingerprint density at radius 1 is 1.47 bits per heavy atom. The molecule has 0 bridgehead atoms. The van der Waals surface area contributed by atoms with Crippen molar-refractivity contribution in [3.63, 3.8) is 0 Å². The van der Waals surface area contributed by atoms with Crippen molar-refractivity contribution in [3.8, 4) is 0 Å². The molecule has 2 unspecified atom stereocenters. The molecule has 0 aliphatic heterocycles. The highest BCUT2D eigenvalue weighted by Gasteiger charge is 2.19. The number of imidazole rings is 1. The standard InChI is InChI=1S/C13H19N3O/c1-3-9(7-17)13(14-2)10-4-5-11-12(6-10)16-8-15-11/h4-6,8-9,13-14,17H,3,7H2,1-2H3,(H,15,16). The number of H-pyrrole nitrogens is 1. The first kappa shape index (κ1) is 12.1. The van der Waals surface area contributed by atoms with Crippen molar-refractivity contribution in [2.75, 3.05) is 13.7 Å². The number of fused-ring (bicyclic) bond motifs is 1. The number of benzene rings is 1. The SMILES string of the molecule is CCC(CO)C(NC)c1ccc2nc[nH]c2c1. The number of aromatic nitrogens is 2. The van der Waals surface area contributed by atoms with Gasteiger partial charge in [0, 0.05) is 18.6 Å². The molecule has 2 rings (SSSR count). The van der Waals surface area contributed by atoms with E-state index in [9.17, 15) is 5.11 Å². The summed E-state index contributed by atoms with van der Waals surface area (Å²) in [5.74, 6) is 0.236. The van der Waals surface area contributed by atoms with E-state index in [1.165, 1.54) is 5.56 Å². The second-order valence-corrected chi connectivity index (χ2v) is 4.30. The van der Waals surface area contributed by atoms with E-state index in [2.05, 4.69) is 34.3 Å². The molecule has 2 atom stereocenters. The zero-order valence-electron chi connectivity index (χ0n) is 10.3. The van der Waals surface area contributed by atoms with Crippen LogP contribution in [0.5, 0.6) is 0 Å². The molecular formula is C13H19N3O. The van der Waals surface area contributed by atoms with Crippen molar-refractivity contribution in [2.45, 2.75) is 19.4 Å². The summed E-state index contributed by atoms with van der Waals surface area (Å²) in [6.45, 7) is 2.29. The number of hydrogen-bond acceptors (Lipinski definition) is 3. The molecule has 0 saturated carbocycles. The summed E-state index contributed by atoms with van der Waals surface area (Å²) in [4.78, 5) is 7.32. The van der Waals surface area contributed by atoms with Crippen LogP contribution in [-0.2, 0) is 0 Å². The highest BCUT2D eigenvalue weighted by atomic mass is 16.3. The Morgan fingerprint density at radius 3 is 2.94 bits per heavy atom. The highest BCUT2D eigenvalue weighted by molar-refractivity contribution is 5.75. The van der Waals surface area contributed by atoms with Crippen LogP contribution in [0.3, 0.4) is 0 Å². The van der Waals surface area contributed by atoms with Gasteiger partial charge in [0.15, 0.2) is 0 Å². The topological polar surface area (TPSA) is 60.9 Å². The maximum Gasteiger partial charge on any atom is 0.0931 e. The lowest BCUT2D eigenvalue weighted by atomic mass is 9.91. The van der Waals surface area contributed by atoms with E-state index >= 15 is 0 Å². The van der Waals surface area contributed by atoms with E-state index in [4.69, 9.17) is 0 Å². The molecule has 0 amide bonds. The number of nitrogens with one attached hydrogen (secondary N) is 2. The van der Waals surface area contributed by atoms with Gasteiger partial charge in [0.05, 0.1) is 17.4 Å². The van der Waals surface area contributed by atoms with Gasteiger partial charge in [0.2, 0.25) is 0 Å². The van der Waals surface area contributed by atoms with Gasteiger partial charge in [-0.2, -0.15) is 0 Å². The van der Waals surface area contributed by atoms with E-state index < -0.39 is 0 Å². The van der Waals surface area contributed by atoms with Crippen LogP contribution in [0.4, 0.5) is 0 Å². The fourth-order valence-corrected chi connectivity index (χ4v) is 2.29. The van der Waals surface area contributed by atoms with E-state index in [0.29, 0.717) is 0 Å². The van der Waals surface area contributed by atoms with Crippen molar-refractivity contribution in [3.05, 3.63) is 30.1 Å². The lowest BCUT2D eigenvalue weighted by Crippen LogP contribution is -2.27. The van der Waals surface area contributed by atoms with E-state index in [-0.39, 0.29) is 18.6 Å². The smallest absolute Gasteiger partial charge is 0.0931 e. The summed E-state index contributed by atoms with van der Waals surface area (Å²) in [6, 6.07) is 6.36. The minimum atomic E-state index is 0.178. The zero-order valence-corrected chi connectivity index (χ0v) is 10.3. The number of hydrogen-bond donors (Lipinski definition) is 3. The first-order chi connectivity index (χ1) is 8.30. The summed E-state index contributed by atoms with van der Waals surface area (Å²) in [6.07, 6.45) is 2.65. The van der Waals surface area contributed by atoms with Gasteiger partial charge in [-0.05, 0) is 31.2 Å². The monoisotopic (exact) mass is 233 g/mol. The Balaban J connectivity index is 2.34. The summed E-state index contributed by atoms with van der Waals surface area (Å²) < 4.78 is 0. The van der Waals surface area contributed by atoms with Crippen LogP contribution < -0.4 is 5.32 Å². The molecule has 0 aliphatic carbocycles. The fourth-order valence-electron chi connectivity index (χ4n) is 2.29. The molecule has 0 spiro atoms. The summed E-state index contributed by atoms with van der Waals surface area (Å²) in [5, 5.41) is 12.7. The molecule has 1 aromatic heterocycles. The number of aliphatic hydroxyl groups is 1. The molecule has 0 radical (unpaired) electrons. The van der Waals surface area contributed by atoms with E-state index in [1.54, 1.807) is 6.33 Å². The van der Waals surface area contributed by atoms with Crippen LogP contribution in [0.2, 0.25) is 0 Å². The Bertz CT molecular complexity index is 476. The molecule has 17 heavy (non-hydrogen) atoms. The van der Waals surface area contributed by atoms with Gasteiger partial charge in [-0.1, -0.05) is 13.0 Å². The third-order valence-electron chi connectivity index (χ3n) is 3.34. The second-order valence-electron chi connectivity index (χ2n) is 4.30. The number of rotatable bonds is 5. The molecule has 4 nitrogen and oxygen atoms in total. The largest absolute Gasteiger partial charge is 0.396 e. The van der Waals surface area contributed by atoms with Crippen molar-refractivity contribution in [1.82, 2.24) is 15.3 Å². The van der Waals surface area contributed by atoms with Gasteiger partial charge in [0.1, 0.15) is 0 Å². The number of nitrogens with zero attached hydrogens (tertiary/aromatic N) is 1. The summed E-state index contributed by atoms with van der Waals surface area (Å²) >= 11 is 0. The fraction of sp³-hybridized carbons (Fsp3) is 0.462. The van der Waals surface area contributed by atoms with Crippen LogP contribution in [0.15, 0.2) is 24.5 Å². The van der Waals surface area contributed by atoms with Gasteiger partial charge in [0.25, 0.3) is 0 Å². The molecule has 1 heterocycles. The normalized spacial score (nSPS) is 15.0. The first-order valence-electron chi connectivity index (χ1n) is 6.01. The van der Waals surface area contributed by atoms with Gasteiger partial charge >= 0.3 is 0 Å². The van der Waals surface area contributed by atoms with Crippen LogP contribution in [-0.4, -0.2) is 28.7 Å². The lowest BCUT2D eigenvalue weighted by Gasteiger charge is -2.24. The maximum atomic E-state index is 9.40. The minimum absolute atomic E-state index is 0.178. The third-order valence-corrected chi connectivity index (χ3v) is 3.34. The molecule has 0 fully saturated rings. The van der Waals surface area contributed by atoms with Gasteiger partial charge in [-0.15, -0.1) is 0 Å². The summed E-state index contributed by atoms with van der Waals surface area (Å²) in [5.41, 5.74) is 3.20. The molecule has 92 valence electrons. The Labute approximate surface area is 101 Å².